The minimum Gasteiger partial charge on any atom is -0.496 e. The quantitative estimate of drug-likeness (QED) is 0.237. The zero-order valence-electron chi connectivity index (χ0n) is 37.2. The summed E-state index contributed by atoms with van der Waals surface area (Å²) in [7, 11) is 3.56. The maximum atomic E-state index is 13.5. The molecule has 4 heterocycles. The van der Waals surface area contributed by atoms with Gasteiger partial charge in [-0.25, -0.2) is 9.97 Å². The summed E-state index contributed by atoms with van der Waals surface area (Å²) in [6.07, 6.45) is 6.72. The number of hydrogen-bond donors (Lipinski definition) is 2. The summed E-state index contributed by atoms with van der Waals surface area (Å²) in [5, 5.41) is 14.9. The molecule has 1 atom stereocenters. The van der Waals surface area contributed by atoms with Gasteiger partial charge in [0.15, 0.2) is 0 Å². The molecule has 2 aliphatic carbocycles. The maximum Gasteiger partial charge on any atom is 0.271 e. The Morgan fingerprint density at radius 1 is 0.937 bits per heavy atom. The normalized spacial score (nSPS) is 25.1. The molecule has 63 heavy (non-hydrogen) atoms. The second kappa shape index (κ2) is 16.6. The second-order valence-corrected chi connectivity index (χ2v) is 19.1. The molecule has 8 rings (SSSR count). The second-order valence-electron chi connectivity index (χ2n) is 19.1. The van der Waals surface area contributed by atoms with Crippen molar-refractivity contribution in [1.29, 1.82) is 5.26 Å². The predicted molar refractivity (Wildman–Crippen MR) is 231 cm³/mol. The van der Waals surface area contributed by atoms with Crippen molar-refractivity contribution in [3.05, 3.63) is 70.2 Å². The Morgan fingerprint density at radius 2 is 1.60 bits per heavy atom. The van der Waals surface area contributed by atoms with E-state index in [1.165, 1.54) is 7.11 Å². The summed E-state index contributed by atoms with van der Waals surface area (Å²) in [6.45, 7) is 14.8. The number of piperidine rings is 2. The van der Waals surface area contributed by atoms with Crippen molar-refractivity contribution in [3.63, 3.8) is 0 Å². The number of carbonyl (C=O) groups excluding carboxylic acids is 5. The Morgan fingerprint density at radius 3 is 2.21 bits per heavy atom. The molecule has 2 aromatic carbocycles. The lowest BCUT2D eigenvalue weighted by atomic mass is 9.49. The van der Waals surface area contributed by atoms with E-state index in [9.17, 15) is 29.2 Å². The zero-order chi connectivity index (χ0) is 45.1. The molecule has 2 saturated carbocycles. The summed E-state index contributed by atoms with van der Waals surface area (Å²) >= 11 is 0. The van der Waals surface area contributed by atoms with Gasteiger partial charge in [0, 0.05) is 67.9 Å². The number of fused-ring (bicyclic) bond motifs is 1. The number of carbonyl (C=O) groups is 5. The molecule has 0 radical (unpaired) electrons. The van der Waals surface area contributed by atoms with Crippen LogP contribution < -0.4 is 29.7 Å². The van der Waals surface area contributed by atoms with E-state index in [0.29, 0.717) is 23.3 Å². The number of imide groups is 2. The van der Waals surface area contributed by atoms with E-state index in [4.69, 9.17) is 14.2 Å². The number of aryl methyl sites for hydroxylation is 2. The Labute approximate surface area is 367 Å². The molecular formula is C47H56N8O8. The number of benzene rings is 2. The number of anilines is 1. The number of nitrogens with one attached hydrogen (secondary N) is 2. The summed E-state index contributed by atoms with van der Waals surface area (Å²) in [6, 6.07) is 8.33. The number of rotatable bonds is 12. The highest BCUT2D eigenvalue weighted by Gasteiger charge is 2.64. The van der Waals surface area contributed by atoms with Crippen LogP contribution in [-0.2, 0) is 9.59 Å². The van der Waals surface area contributed by atoms with Crippen LogP contribution in [-0.4, -0.2) is 113 Å². The summed E-state index contributed by atoms with van der Waals surface area (Å²) < 4.78 is 18.3. The van der Waals surface area contributed by atoms with Gasteiger partial charge in [0.05, 0.1) is 42.3 Å². The molecule has 16 nitrogen and oxygen atoms in total. The van der Waals surface area contributed by atoms with Crippen LogP contribution in [0, 0.1) is 41.9 Å². The van der Waals surface area contributed by atoms with Crippen molar-refractivity contribution in [2.75, 3.05) is 38.7 Å². The minimum atomic E-state index is -1.06. The summed E-state index contributed by atoms with van der Waals surface area (Å²) in [4.78, 5) is 79.2. The van der Waals surface area contributed by atoms with Gasteiger partial charge in [-0.2, -0.15) is 5.26 Å². The van der Waals surface area contributed by atoms with Gasteiger partial charge in [0.2, 0.25) is 11.8 Å². The first-order valence-corrected chi connectivity index (χ1v) is 21.8. The first kappa shape index (κ1) is 43.6. The maximum absolute atomic E-state index is 13.5. The Bertz CT molecular complexity index is 2360. The number of hydrogen-bond acceptors (Lipinski definition) is 13. The first-order chi connectivity index (χ1) is 29.9. The molecule has 1 aromatic heterocycles. The molecule has 16 heteroatoms. The van der Waals surface area contributed by atoms with Crippen molar-refractivity contribution < 1.29 is 38.2 Å². The first-order valence-electron chi connectivity index (χ1n) is 21.8. The van der Waals surface area contributed by atoms with E-state index in [2.05, 4.69) is 71.2 Å². The van der Waals surface area contributed by atoms with Gasteiger partial charge in [0.1, 0.15) is 47.0 Å². The van der Waals surface area contributed by atoms with Crippen LogP contribution in [0.1, 0.15) is 114 Å². The summed E-state index contributed by atoms with van der Waals surface area (Å²) in [5.41, 5.74) is 2.16. The van der Waals surface area contributed by atoms with Crippen LogP contribution >= 0.6 is 0 Å². The number of nitrogens with zero attached hydrogens (tertiary/aromatic N) is 6. The lowest BCUT2D eigenvalue weighted by Crippen LogP contribution is -2.74. The van der Waals surface area contributed by atoms with Crippen LogP contribution in [0.5, 0.6) is 17.2 Å². The smallest absolute Gasteiger partial charge is 0.271 e. The monoisotopic (exact) mass is 860 g/mol. The van der Waals surface area contributed by atoms with Crippen molar-refractivity contribution in [3.8, 4) is 23.3 Å². The standard InChI is InChI=1S/C47H56N8O8/c1-25-15-29(16-26(2)33(25)21-48)63-45-46(3,4)44(47(45,5)6)52-40(57)34-22-50-37(23-49-34)54-13-11-27(12-14-54)24-53(7)28-17-30(18-28)62-31-19-32-39(36(20-31)61-8)43(60)55(42(32)59)35-9-10-38(56)51-41(35)58/h15-16,19-20,22-23,27-28,30,35,44-45H,9-14,17-18,24H2,1-8H3,(H,52,57)(H,51,56,58). The van der Waals surface area contributed by atoms with Gasteiger partial charge in [-0.05, 0) is 75.4 Å². The molecule has 3 aromatic rings. The van der Waals surface area contributed by atoms with Gasteiger partial charge < -0.3 is 29.3 Å². The molecule has 2 N–H and O–H groups in total. The topological polar surface area (TPSA) is 196 Å². The average Bonchev–Trinajstić information content (AvgIpc) is 3.47. The minimum absolute atomic E-state index is 0.0416. The van der Waals surface area contributed by atoms with E-state index in [0.717, 1.165) is 72.9 Å². The highest BCUT2D eigenvalue weighted by molar-refractivity contribution is 6.24. The van der Waals surface area contributed by atoms with Crippen LogP contribution in [0.2, 0.25) is 0 Å². The van der Waals surface area contributed by atoms with E-state index in [1.54, 1.807) is 24.5 Å². The van der Waals surface area contributed by atoms with Crippen molar-refractivity contribution in [2.24, 2.45) is 16.7 Å². The largest absolute Gasteiger partial charge is 0.496 e. The van der Waals surface area contributed by atoms with Crippen LogP contribution in [0.4, 0.5) is 5.82 Å². The molecule has 0 spiro atoms. The fraction of sp³-hybridized carbons (Fsp3) is 0.532. The number of amides is 5. The van der Waals surface area contributed by atoms with E-state index in [-0.39, 0.29) is 70.4 Å². The van der Waals surface area contributed by atoms with Crippen molar-refractivity contribution in [1.82, 2.24) is 30.4 Å². The molecule has 0 bridgehead atoms. The molecule has 2 saturated heterocycles. The van der Waals surface area contributed by atoms with Gasteiger partial charge in [0.25, 0.3) is 17.7 Å². The lowest BCUT2D eigenvalue weighted by Gasteiger charge is -2.63. The SMILES string of the molecule is COc1cc(OC2CC(N(C)CC3CCN(c4cnc(C(=O)NC5C(C)(C)C(Oc6cc(C)c(C#N)c(C)c6)C5(C)C)cn4)CC3)C2)cc2c1C(=O)N(C1CCC(=O)NC1=O)C2=O. The molecule has 1 unspecified atom stereocenters. The zero-order valence-corrected chi connectivity index (χ0v) is 37.2. The van der Waals surface area contributed by atoms with Crippen LogP contribution in [0.25, 0.3) is 0 Å². The fourth-order valence-electron chi connectivity index (χ4n) is 10.8. The van der Waals surface area contributed by atoms with E-state index < -0.39 is 29.7 Å². The number of aromatic nitrogens is 2. The molecule has 5 amide bonds. The van der Waals surface area contributed by atoms with E-state index >= 15 is 0 Å². The fourth-order valence-corrected chi connectivity index (χ4v) is 10.8. The van der Waals surface area contributed by atoms with Gasteiger partial charge in [-0.15, -0.1) is 0 Å². The number of ether oxygens (including phenoxy) is 3. The Balaban J connectivity index is 0.788. The molecule has 4 fully saturated rings. The highest BCUT2D eigenvalue weighted by atomic mass is 16.5. The molecule has 5 aliphatic rings. The van der Waals surface area contributed by atoms with Gasteiger partial charge in [-0.3, -0.25) is 34.2 Å². The molecule has 332 valence electrons. The third kappa shape index (κ3) is 7.96. The van der Waals surface area contributed by atoms with Crippen LogP contribution in [0.15, 0.2) is 36.7 Å². The Kier molecular flexibility index (Phi) is 11.5. The average molecular weight is 861 g/mol. The van der Waals surface area contributed by atoms with Gasteiger partial charge >= 0.3 is 0 Å². The summed E-state index contributed by atoms with van der Waals surface area (Å²) in [5.74, 6) is 0.000329. The highest BCUT2D eigenvalue weighted by Crippen LogP contribution is 2.55. The number of methoxy groups -OCH3 is 1. The van der Waals surface area contributed by atoms with Crippen molar-refractivity contribution >= 4 is 35.4 Å². The van der Waals surface area contributed by atoms with E-state index in [1.807, 2.05) is 26.0 Å². The molecular weight excluding hydrogens is 805 g/mol. The molecule has 3 aliphatic heterocycles. The lowest BCUT2D eigenvalue weighted by molar-refractivity contribution is -0.164. The van der Waals surface area contributed by atoms with Crippen molar-refractivity contribution in [2.45, 2.75) is 110 Å². The predicted octanol–water partition coefficient (Wildman–Crippen LogP) is 4.75. The van der Waals surface area contributed by atoms with Gasteiger partial charge in [-0.1, -0.05) is 27.7 Å². The third-order valence-corrected chi connectivity index (χ3v) is 14.0. The number of nitriles is 1. The van der Waals surface area contributed by atoms with Crippen LogP contribution in [0.3, 0.4) is 0 Å². The third-order valence-electron chi connectivity index (χ3n) is 14.0. The Hall–Kier alpha value is -6.08.